The van der Waals surface area contributed by atoms with Crippen molar-refractivity contribution in [1.82, 2.24) is 15.0 Å². The highest BCUT2D eigenvalue weighted by Crippen LogP contribution is 2.40. The van der Waals surface area contributed by atoms with E-state index in [-0.39, 0.29) is 0 Å². The maximum Gasteiger partial charge on any atom is 0.164 e. The molecule has 4 nitrogen and oxygen atoms in total. The third kappa shape index (κ3) is 4.57. The van der Waals surface area contributed by atoms with Gasteiger partial charge in [-0.05, 0) is 73.8 Å². The summed E-state index contributed by atoms with van der Waals surface area (Å²) < 4.78 is 6.50. The van der Waals surface area contributed by atoms with E-state index in [0.29, 0.717) is 17.5 Å². The van der Waals surface area contributed by atoms with Crippen LogP contribution in [0.3, 0.4) is 0 Å². The van der Waals surface area contributed by atoms with Crippen LogP contribution in [0, 0.1) is 0 Å². The van der Waals surface area contributed by atoms with E-state index in [4.69, 9.17) is 19.4 Å². The lowest BCUT2D eigenvalue weighted by Gasteiger charge is -2.12. The van der Waals surface area contributed by atoms with Gasteiger partial charge < -0.3 is 4.42 Å². The molecule has 0 spiro atoms. The van der Waals surface area contributed by atoms with Crippen molar-refractivity contribution >= 4 is 54.3 Å². The van der Waals surface area contributed by atoms with Crippen molar-refractivity contribution in [2.75, 3.05) is 0 Å². The van der Waals surface area contributed by atoms with Crippen molar-refractivity contribution in [2.24, 2.45) is 0 Å². The van der Waals surface area contributed by atoms with Crippen molar-refractivity contribution in [2.45, 2.75) is 0 Å². The Morgan fingerprint density at radius 2 is 0.980 bits per heavy atom. The van der Waals surface area contributed by atoms with E-state index in [2.05, 4.69) is 91.0 Å². The van der Waals surface area contributed by atoms with Crippen LogP contribution in [-0.4, -0.2) is 15.0 Å². The molecule has 0 fully saturated rings. The minimum Gasteiger partial charge on any atom is -0.456 e. The molecule has 0 bridgehead atoms. The predicted molar refractivity (Wildman–Crippen MR) is 201 cm³/mol. The van der Waals surface area contributed by atoms with Gasteiger partial charge in [-0.3, -0.25) is 0 Å². The van der Waals surface area contributed by atoms with Gasteiger partial charge in [-0.25, -0.2) is 15.0 Å². The molecule has 0 aliphatic heterocycles. The van der Waals surface area contributed by atoms with Gasteiger partial charge in [-0.2, -0.15) is 0 Å². The van der Waals surface area contributed by atoms with Crippen molar-refractivity contribution in [3.05, 3.63) is 164 Å². The molecular weight excluding hydrogens is 599 g/mol. The van der Waals surface area contributed by atoms with E-state index in [1.807, 2.05) is 72.8 Å². The highest BCUT2D eigenvalue weighted by atomic mass is 16.3. The summed E-state index contributed by atoms with van der Waals surface area (Å²) >= 11 is 0. The molecule has 2 aromatic heterocycles. The molecule has 0 atom stereocenters. The summed E-state index contributed by atoms with van der Waals surface area (Å²) in [5.41, 5.74) is 6.81. The van der Waals surface area contributed by atoms with Gasteiger partial charge in [-0.1, -0.05) is 133 Å². The minimum atomic E-state index is 0.609. The number of aromatic nitrogens is 3. The molecule has 0 aliphatic rings. The normalized spacial score (nSPS) is 11.7. The Kier molecular flexibility index (Phi) is 6.15. The molecule has 10 aromatic rings. The molecule has 228 valence electrons. The zero-order valence-corrected chi connectivity index (χ0v) is 26.3. The Hall–Kier alpha value is -6.65. The van der Waals surface area contributed by atoms with Crippen molar-refractivity contribution in [3.63, 3.8) is 0 Å². The monoisotopic (exact) mass is 625 g/mol. The Labute approximate surface area is 282 Å². The zero-order valence-electron chi connectivity index (χ0n) is 26.3. The first kappa shape index (κ1) is 27.5. The van der Waals surface area contributed by atoms with Crippen LogP contribution in [0.15, 0.2) is 168 Å². The highest BCUT2D eigenvalue weighted by Gasteiger charge is 2.19. The smallest absolute Gasteiger partial charge is 0.164 e. The highest BCUT2D eigenvalue weighted by molar-refractivity contribution is 6.17. The largest absolute Gasteiger partial charge is 0.456 e. The van der Waals surface area contributed by atoms with Crippen molar-refractivity contribution < 1.29 is 4.42 Å². The molecule has 0 unspecified atom stereocenters. The van der Waals surface area contributed by atoms with Crippen LogP contribution in [-0.2, 0) is 0 Å². The predicted octanol–water partition coefficient (Wildman–Crippen LogP) is 11.9. The Balaban J connectivity index is 1.19. The third-order valence-corrected chi connectivity index (χ3v) is 9.47. The quantitative estimate of drug-likeness (QED) is 0.183. The molecule has 0 saturated heterocycles. The maximum atomic E-state index is 6.50. The molecule has 0 radical (unpaired) electrons. The molecule has 0 amide bonds. The standard InChI is InChI=1S/C45H27N3O/c1-3-12-28(13-4-1)43-46-44(29-14-5-2-6-15-29)48-45(47-43)37-20-11-21-40-42(37)39-26-33-24-32(23-22-30(33)27-41(39)49-40)38-25-31-16-7-8-17-34(31)35-18-9-10-19-36(35)38/h1-27H. The average molecular weight is 626 g/mol. The molecule has 0 aliphatic carbocycles. The topological polar surface area (TPSA) is 51.8 Å². The Bertz CT molecular complexity index is 2820. The van der Waals surface area contributed by atoms with E-state index in [0.717, 1.165) is 49.4 Å². The van der Waals surface area contributed by atoms with Gasteiger partial charge in [0.15, 0.2) is 17.5 Å². The van der Waals surface area contributed by atoms with Gasteiger partial charge in [0.2, 0.25) is 0 Å². The van der Waals surface area contributed by atoms with Gasteiger partial charge in [0, 0.05) is 27.5 Å². The maximum absolute atomic E-state index is 6.50. The summed E-state index contributed by atoms with van der Waals surface area (Å²) in [6, 6.07) is 57.0. The molecule has 8 aromatic carbocycles. The lowest BCUT2D eigenvalue weighted by molar-refractivity contribution is 0.669. The minimum absolute atomic E-state index is 0.609. The number of benzene rings is 8. The fourth-order valence-corrected chi connectivity index (χ4v) is 7.15. The summed E-state index contributed by atoms with van der Waals surface area (Å²) in [5.74, 6) is 1.87. The molecule has 49 heavy (non-hydrogen) atoms. The number of rotatable bonds is 4. The summed E-state index contributed by atoms with van der Waals surface area (Å²) in [7, 11) is 0. The fraction of sp³-hybridized carbons (Fsp3) is 0. The molecule has 2 heterocycles. The lowest BCUT2D eigenvalue weighted by Crippen LogP contribution is -2.00. The second kappa shape index (κ2) is 11.0. The van der Waals surface area contributed by atoms with E-state index in [1.54, 1.807) is 0 Å². The Morgan fingerprint density at radius 3 is 1.73 bits per heavy atom. The van der Waals surface area contributed by atoms with Crippen LogP contribution in [0.4, 0.5) is 0 Å². The second-order valence-corrected chi connectivity index (χ2v) is 12.4. The summed E-state index contributed by atoms with van der Waals surface area (Å²) in [4.78, 5) is 15.0. The number of nitrogens with zero attached hydrogens (tertiary/aromatic N) is 3. The second-order valence-electron chi connectivity index (χ2n) is 12.4. The van der Waals surface area contributed by atoms with E-state index >= 15 is 0 Å². The van der Waals surface area contributed by atoms with Crippen LogP contribution in [0.5, 0.6) is 0 Å². The third-order valence-electron chi connectivity index (χ3n) is 9.47. The Morgan fingerprint density at radius 1 is 0.327 bits per heavy atom. The SMILES string of the molecule is c1ccc(-c2nc(-c3ccccc3)nc(-c3cccc4oc5cc6ccc(-c7cc8ccccc8c8ccccc78)cc6cc5c34)n2)cc1. The fourth-order valence-electron chi connectivity index (χ4n) is 7.15. The van der Waals surface area contributed by atoms with Crippen LogP contribution in [0.25, 0.3) is 99.5 Å². The summed E-state index contributed by atoms with van der Waals surface area (Å²) in [6.45, 7) is 0. The molecule has 10 rings (SSSR count). The van der Waals surface area contributed by atoms with E-state index in [9.17, 15) is 0 Å². The van der Waals surface area contributed by atoms with Gasteiger partial charge in [0.1, 0.15) is 11.2 Å². The summed E-state index contributed by atoms with van der Waals surface area (Å²) in [6.07, 6.45) is 0. The number of hydrogen-bond acceptors (Lipinski definition) is 4. The van der Waals surface area contributed by atoms with E-state index < -0.39 is 0 Å². The first-order valence-electron chi connectivity index (χ1n) is 16.4. The van der Waals surface area contributed by atoms with E-state index in [1.165, 1.54) is 32.7 Å². The zero-order chi connectivity index (χ0) is 32.3. The van der Waals surface area contributed by atoms with Gasteiger partial charge in [-0.15, -0.1) is 0 Å². The van der Waals surface area contributed by atoms with Crippen LogP contribution in [0.2, 0.25) is 0 Å². The van der Waals surface area contributed by atoms with Gasteiger partial charge in [0.25, 0.3) is 0 Å². The number of hydrogen-bond donors (Lipinski definition) is 0. The molecule has 4 heteroatoms. The van der Waals surface area contributed by atoms with Crippen LogP contribution < -0.4 is 0 Å². The molecule has 0 N–H and O–H groups in total. The average Bonchev–Trinajstić information content (AvgIpc) is 3.54. The van der Waals surface area contributed by atoms with Gasteiger partial charge >= 0.3 is 0 Å². The first-order valence-corrected chi connectivity index (χ1v) is 16.4. The number of fused-ring (bicyclic) bond motifs is 7. The molecular formula is C45H27N3O. The van der Waals surface area contributed by atoms with Gasteiger partial charge in [0.05, 0.1) is 0 Å². The van der Waals surface area contributed by atoms with Crippen molar-refractivity contribution in [3.8, 4) is 45.3 Å². The first-order chi connectivity index (χ1) is 24.3. The number of furan rings is 1. The van der Waals surface area contributed by atoms with Crippen molar-refractivity contribution in [1.29, 1.82) is 0 Å². The van der Waals surface area contributed by atoms with Crippen LogP contribution in [0.1, 0.15) is 0 Å². The summed E-state index contributed by atoms with van der Waals surface area (Å²) in [5, 5.41) is 9.30. The lowest BCUT2D eigenvalue weighted by atomic mass is 9.92. The molecule has 0 saturated carbocycles. The van der Waals surface area contributed by atoms with Crippen LogP contribution >= 0.6 is 0 Å².